The third-order valence-corrected chi connectivity index (χ3v) is 4.57. The number of nitrogens with one attached hydrogen (secondary N) is 1. The minimum Gasteiger partial charge on any atom is -0.411 e. The summed E-state index contributed by atoms with van der Waals surface area (Å²) in [4.78, 5) is 0.225. The van der Waals surface area contributed by atoms with Crippen LogP contribution in [0, 0.1) is 0 Å². The van der Waals surface area contributed by atoms with Crippen molar-refractivity contribution in [1.82, 2.24) is 0 Å². The van der Waals surface area contributed by atoms with E-state index in [9.17, 15) is 8.42 Å². The Hall–Kier alpha value is -2.38. The zero-order valence-corrected chi connectivity index (χ0v) is 14.6. The monoisotopic (exact) mass is 365 g/mol. The van der Waals surface area contributed by atoms with Gasteiger partial charge in [-0.1, -0.05) is 28.9 Å². The quantitative estimate of drug-likeness (QED) is 0.482. The summed E-state index contributed by atoms with van der Waals surface area (Å²) in [5, 5.41) is 17.0. The summed E-state index contributed by atoms with van der Waals surface area (Å²) in [6.07, 6.45) is 1.15. The lowest BCUT2D eigenvalue weighted by Gasteiger charge is -2.07. The van der Waals surface area contributed by atoms with Crippen LogP contribution in [-0.4, -0.2) is 31.3 Å². The molecular formula is C16H16ClN3O3S. The highest BCUT2D eigenvalue weighted by molar-refractivity contribution is 7.90. The smallest absolute Gasteiger partial charge is 0.175 e. The highest BCUT2D eigenvalue weighted by Crippen LogP contribution is 2.15. The normalized spacial score (nSPS) is 13.0. The second kappa shape index (κ2) is 7.46. The van der Waals surface area contributed by atoms with Gasteiger partial charge in [0.15, 0.2) is 9.84 Å². The third kappa shape index (κ3) is 4.56. The number of anilines is 1. The first kappa shape index (κ1) is 18.0. The van der Waals surface area contributed by atoms with Crippen LogP contribution in [-0.2, 0) is 9.84 Å². The molecule has 0 atom stereocenters. The standard InChI is InChI=1S/C16H16ClN3O3S/c1-11(20-21)16(12-3-5-13(17)6-4-12)19-18-14-7-9-15(10-8-14)24(2,22)23/h3-10,18,21H,1-2H3/b19-16-,20-11+. The lowest BCUT2D eigenvalue weighted by molar-refractivity contribution is 0.320. The Morgan fingerprint density at radius 3 is 2.17 bits per heavy atom. The van der Waals surface area contributed by atoms with Gasteiger partial charge in [0.05, 0.1) is 10.6 Å². The van der Waals surface area contributed by atoms with Gasteiger partial charge in [-0.25, -0.2) is 8.42 Å². The SMILES string of the molecule is CC(=N\O)/C(=N/Nc1ccc(S(C)(=O)=O)cc1)c1ccc(Cl)cc1. The molecule has 0 bridgehead atoms. The van der Waals surface area contributed by atoms with Crippen molar-refractivity contribution in [3.8, 4) is 0 Å². The van der Waals surface area contributed by atoms with Crippen LogP contribution in [0.4, 0.5) is 5.69 Å². The van der Waals surface area contributed by atoms with Crippen molar-refractivity contribution >= 4 is 38.5 Å². The van der Waals surface area contributed by atoms with Gasteiger partial charge >= 0.3 is 0 Å². The Labute approximate surface area is 145 Å². The van der Waals surface area contributed by atoms with Gasteiger partial charge in [-0.3, -0.25) is 5.43 Å². The lowest BCUT2D eigenvalue weighted by atomic mass is 10.1. The number of hydrazone groups is 1. The highest BCUT2D eigenvalue weighted by atomic mass is 35.5. The van der Waals surface area contributed by atoms with Gasteiger partial charge in [-0.05, 0) is 43.3 Å². The summed E-state index contributed by atoms with van der Waals surface area (Å²) in [7, 11) is -3.24. The van der Waals surface area contributed by atoms with Gasteiger partial charge in [0.1, 0.15) is 11.4 Å². The molecule has 0 unspecified atom stereocenters. The van der Waals surface area contributed by atoms with Crippen molar-refractivity contribution < 1.29 is 13.6 Å². The predicted octanol–water partition coefficient (Wildman–Crippen LogP) is 3.41. The van der Waals surface area contributed by atoms with E-state index >= 15 is 0 Å². The Bertz CT molecular complexity index is 874. The Morgan fingerprint density at radius 1 is 1.08 bits per heavy atom. The van der Waals surface area contributed by atoms with E-state index in [0.29, 0.717) is 22.1 Å². The average Bonchev–Trinajstić information content (AvgIpc) is 2.56. The molecule has 0 saturated heterocycles. The van der Waals surface area contributed by atoms with Crippen LogP contribution in [0.3, 0.4) is 0 Å². The molecule has 0 spiro atoms. The van der Waals surface area contributed by atoms with Crippen molar-refractivity contribution in [3.05, 3.63) is 59.1 Å². The summed E-state index contributed by atoms with van der Waals surface area (Å²) in [6, 6.07) is 13.1. The van der Waals surface area contributed by atoms with Gasteiger partial charge in [-0.2, -0.15) is 5.10 Å². The molecule has 0 saturated carbocycles. The van der Waals surface area contributed by atoms with Crippen molar-refractivity contribution in [1.29, 1.82) is 0 Å². The van der Waals surface area contributed by atoms with Gasteiger partial charge in [0.2, 0.25) is 0 Å². The summed E-state index contributed by atoms with van der Waals surface area (Å²) in [5.41, 5.74) is 4.88. The fourth-order valence-corrected chi connectivity index (χ4v) is 2.66. The molecule has 126 valence electrons. The number of benzene rings is 2. The first-order valence-corrected chi connectivity index (χ1v) is 9.17. The van der Waals surface area contributed by atoms with Crippen LogP contribution < -0.4 is 5.43 Å². The summed E-state index contributed by atoms with van der Waals surface area (Å²) >= 11 is 5.87. The predicted molar refractivity (Wildman–Crippen MR) is 96.1 cm³/mol. The molecule has 0 aromatic heterocycles. The van der Waals surface area contributed by atoms with E-state index in [1.54, 1.807) is 43.3 Å². The first-order chi connectivity index (χ1) is 11.3. The zero-order valence-electron chi connectivity index (χ0n) is 13.1. The molecular weight excluding hydrogens is 350 g/mol. The van der Waals surface area contributed by atoms with Crippen LogP contribution in [0.2, 0.25) is 5.02 Å². The number of sulfone groups is 1. The maximum absolute atomic E-state index is 11.4. The van der Waals surface area contributed by atoms with Gasteiger partial charge in [0.25, 0.3) is 0 Å². The second-order valence-electron chi connectivity index (χ2n) is 5.06. The largest absolute Gasteiger partial charge is 0.411 e. The molecule has 6 nitrogen and oxygen atoms in total. The topological polar surface area (TPSA) is 91.1 Å². The fraction of sp³-hybridized carbons (Fsp3) is 0.125. The molecule has 0 aliphatic rings. The highest BCUT2D eigenvalue weighted by Gasteiger charge is 2.09. The van der Waals surface area contributed by atoms with Crippen LogP contribution in [0.15, 0.2) is 63.7 Å². The number of hydrogen-bond donors (Lipinski definition) is 2. The molecule has 2 rings (SSSR count). The number of oxime groups is 1. The third-order valence-electron chi connectivity index (χ3n) is 3.19. The number of hydrogen-bond acceptors (Lipinski definition) is 6. The van der Waals surface area contributed by atoms with E-state index in [2.05, 4.69) is 15.7 Å². The molecule has 2 aromatic rings. The van der Waals surface area contributed by atoms with Gasteiger partial charge < -0.3 is 5.21 Å². The van der Waals surface area contributed by atoms with E-state index in [1.165, 1.54) is 12.1 Å². The minimum absolute atomic E-state index is 0.225. The Balaban J connectivity index is 2.29. The molecule has 2 N–H and O–H groups in total. The van der Waals surface area contributed by atoms with E-state index < -0.39 is 9.84 Å². The molecule has 8 heteroatoms. The molecule has 0 heterocycles. The van der Waals surface area contributed by atoms with E-state index in [-0.39, 0.29) is 4.90 Å². The summed E-state index contributed by atoms with van der Waals surface area (Å²) in [6.45, 7) is 1.61. The zero-order chi connectivity index (χ0) is 17.7. The number of rotatable bonds is 5. The molecule has 0 radical (unpaired) electrons. The molecule has 2 aromatic carbocycles. The molecule has 0 aliphatic heterocycles. The van der Waals surface area contributed by atoms with E-state index in [0.717, 1.165) is 11.8 Å². The van der Waals surface area contributed by atoms with E-state index in [4.69, 9.17) is 16.8 Å². The fourth-order valence-electron chi connectivity index (χ4n) is 1.91. The molecule has 24 heavy (non-hydrogen) atoms. The van der Waals surface area contributed by atoms with E-state index in [1.807, 2.05) is 0 Å². The second-order valence-corrected chi connectivity index (χ2v) is 7.51. The number of halogens is 1. The molecule has 0 fully saturated rings. The Morgan fingerprint density at radius 2 is 1.67 bits per heavy atom. The molecule has 0 aliphatic carbocycles. The number of nitrogens with zero attached hydrogens (tertiary/aromatic N) is 2. The van der Waals surface area contributed by atoms with Gasteiger partial charge in [-0.15, -0.1) is 0 Å². The average molecular weight is 366 g/mol. The van der Waals surface area contributed by atoms with Crippen molar-refractivity contribution in [2.45, 2.75) is 11.8 Å². The first-order valence-electron chi connectivity index (χ1n) is 6.90. The Kier molecular flexibility index (Phi) is 5.58. The lowest BCUT2D eigenvalue weighted by Crippen LogP contribution is -2.14. The van der Waals surface area contributed by atoms with Crippen LogP contribution >= 0.6 is 11.6 Å². The van der Waals surface area contributed by atoms with Crippen LogP contribution in [0.5, 0.6) is 0 Å². The van der Waals surface area contributed by atoms with Crippen molar-refractivity contribution in [2.75, 3.05) is 11.7 Å². The summed E-state index contributed by atoms with van der Waals surface area (Å²) < 4.78 is 22.9. The molecule has 0 amide bonds. The van der Waals surface area contributed by atoms with Crippen LogP contribution in [0.1, 0.15) is 12.5 Å². The van der Waals surface area contributed by atoms with Gasteiger partial charge in [0, 0.05) is 16.8 Å². The van der Waals surface area contributed by atoms with Crippen LogP contribution in [0.25, 0.3) is 0 Å². The minimum atomic E-state index is -3.24. The maximum Gasteiger partial charge on any atom is 0.175 e. The van der Waals surface area contributed by atoms with Crippen molar-refractivity contribution in [3.63, 3.8) is 0 Å². The summed E-state index contributed by atoms with van der Waals surface area (Å²) in [5.74, 6) is 0. The maximum atomic E-state index is 11.4. The van der Waals surface area contributed by atoms with Crippen molar-refractivity contribution in [2.24, 2.45) is 10.3 Å².